The van der Waals surface area contributed by atoms with Crippen LogP contribution in [-0.4, -0.2) is 35.4 Å². The van der Waals surface area contributed by atoms with Crippen LogP contribution in [0, 0.1) is 5.41 Å². The number of carbonyl (C=O) groups is 1. The number of aromatic amines is 1. The van der Waals surface area contributed by atoms with E-state index in [9.17, 15) is 4.79 Å². The van der Waals surface area contributed by atoms with E-state index in [-0.39, 0.29) is 11.3 Å². The molecule has 1 aromatic carbocycles. The molecule has 2 aromatic rings. The Balaban J connectivity index is 1.68. The molecule has 3 heterocycles. The number of amides is 1. The first-order valence-electron chi connectivity index (χ1n) is 10.8. The maximum atomic E-state index is 12.8. The smallest absolute Gasteiger partial charge is 0.220 e. The van der Waals surface area contributed by atoms with Gasteiger partial charge >= 0.3 is 0 Å². The van der Waals surface area contributed by atoms with Crippen molar-refractivity contribution >= 4 is 16.8 Å². The summed E-state index contributed by atoms with van der Waals surface area (Å²) in [6, 6.07) is 9.01. The van der Waals surface area contributed by atoms with Gasteiger partial charge in [0.1, 0.15) is 0 Å². The van der Waals surface area contributed by atoms with Gasteiger partial charge in [0, 0.05) is 41.5 Å². The molecular formula is C23H33N3O. The molecule has 0 bridgehead atoms. The molecule has 1 saturated heterocycles. The van der Waals surface area contributed by atoms with E-state index in [4.69, 9.17) is 0 Å². The number of nitrogens with one attached hydrogen (secondary N) is 2. The van der Waals surface area contributed by atoms with Gasteiger partial charge in [-0.25, -0.2) is 0 Å². The fraction of sp³-hybridized carbons (Fsp3) is 0.609. The zero-order chi connectivity index (χ0) is 18.9. The second-order valence-corrected chi connectivity index (χ2v) is 8.45. The van der Waals surface area contributed by atoms with Crippen LogP contribution in [0.3, 0.4) is 0 Å². The van der Waals surface area contributed by atoms with Crippen molar-refractivity contribution in [3.05, 3.63) is 35.5 Å². The van der Waals surface area contributed by atoms with E-state index in [0.29, 0.717) is 12.5 Å². The third kappa shape index (κ3) is 3.29. The van der Waals surface area contributed by atoms with Crippen molar-refractivity contribution in [3.8, 4) is 0 Å². The first-order chi connectivity index (χ1) is 13.2. The highest BCUT2D eigenvalue weighted by molar-refractivity contribution is 5.85. The Morgan fingerprint density at radius 1 is 1.30 bits per heavy atom. The summed E-state index contributed by atoms with van der Waals surface area (Å²) < 4.78 is 0. The Morgan fingerprint density at radius 3 is 2.96 bits per heavy atom. The zero-order valence-electron chi connectivity index (χ0n) is 16.8. The first kappa shape index (κ1) is 18.5. The van der Waals surface area contributed by atoms with E-state index in [1.807, 2.05) is 0 Å². The SMILES string of the molecule is CCCCNC(=O)C[C@]1(CC)CCCN2CCc3c([nH]c4ccccc34)[C@@H]21. The molecule has 0 radical (unpaired) electrons. The largest absolute Gasteiger partial charge is 0.357 e. The first-order valence-corrected chi connectivity index (χ1v) is 10.8. The highest BCUT2D eigenvalue weighted by atomic mass is 16.1. The summed E-state index contributed by atoms with van der Waals surface area (Å²) in [5.74, 6) is 0.232. The minimum Gasteiger partial charge on any atom is -0.357 e. The number of hydrogen-bond acceptors (Lipinski definition) is 2. The number of piperidine rings is 1. The molecule has 4 nitrogen and oxygen atoms in total. The molecule has 27 heavy (non-hydrogen) atoms. The van der Waals surface area contributed by atoms with E-state index >= 15 is 0 Å². The van der Waals surface area contributed by atoms with Gasteiger partial charge in [-0.3, -0.25) is 9.69 Å². The van der Waals surface area contributed by atoms with Crippen LogP contribution < -0.4 is 5.32 Å². The van der Waals surface area contributed by atoms with Gasteiger partial charge in [-0.2, -0.15) is 0 Å². The molecule has 146 valence electrons. The lowest BCUT2D eigenvalue weighted by Crippen LogP contribution is -2.50. The van der Waals surface area contributed by atoms with Crippen LogP contribution in [0.5, 0.6) is 0 Å². The van der Waals surface area contributed by atoms with Crippen LogP contribution in [-0.2, 0) is 11.2 Å². The van der Waals surface area contributed by atoms with Crippen LogP contribution in [0.15, 0.2) is 24.3 Å². The molecule has 4 heteroatoms. The number of carbonyl (C=O) groups excluding carboxylic acids is 1. The number of aromatic nitrogens is 1. The summed E-state index contributed by atoms with van der Waals surface area (Å²) in [5, 5.41) is 4.54. The summed E-state index contributed by atoms with van der Waals surface area (Å²) in [4.78, 5) is 19.2. The molecule has 1 aromatic heterocycles. The van der Waals surface area contributed by atoms with Gasteiger partial charge in [0.25, 0.3) is 0 Å². The highest BCUT2D eigenvalue weighted by Gasteiger charge is 2.48. The third-order valence-corrected chi connectivity index (χ3v) is 6.90. The summed E-state index contributed by atoms with van der Waals surface area (Å²) in [6.45, 7) is 7.51. The van der Waals surface area contributed by atoms with E-state index in [1.54, 1.807) is 0 Å². The van der Waals surface area contributed by atoms with Gasteiger partial charge in [0.2, 0.25) is 5.91 Å². The van der Waals surface area contributed by atoms with Crippen molar-refractivity contribution in [3.63, 3.8) is 0 Å². The standard InChI is InChI=1S/C23H33N3O/c1-3-5-13-24-20(27)16-23(4-2)12-8-14-26-15-11-18-17-9-6-7-10-19(17)25-21(18)22(23)26/h6-7,9-10,22,25H,3-5,8,11-16H2,1-2H3,(H,24,27)/t22-,23+/m1/s1. The summed E-state index contributed by atoms with van der Waals surface area (Å²) >= 11 is 0. The molecule has 0 aliphatic carbocycles. The van der Waals surface area contributed by atoms with E-state index in [1.165, 1.54) is 28.6 Å². The molecule has 0 spiro atoms. The average Bonchev–Trinajstić information content (AvgIpc) is 3.07. The number of para-hydroxylation sites is 1. The molecule has 2 atom stereocenters. The monoisotopic (exact) mass is 367 g/mol. The van der Waals surface area contributed by atoms with Gasteiger partial charge in [0.15, 0.2) is 0 Å². The number of fused-ring (bicyclic) bond motifs is 5. The number of rotatable bonds is 6. The summed E-state index contributed by atoms with van der Waals surface area (Å²) in [6.07, 6.45) is 7.31. The van der Waals surface area contributed by atoms with Crippen LogP contribution >= 0.6 is 0 Å². The van der Waals surface area contributed by atoms with Gasteiger partial charge in [0.05, 0.1) is 6.04 Å². The van der Waals surface area contributed by atoms with Crippen LogP contribution in [0.1, 0.15) is 69.7 Å². The Kier molecular flexibility index (Phi) is 5.27. The lowest BCUT2D eigenvalue weighted by Gasteiger charge is -2.51. The minimum absolute atomic E-state index is 0.0323. The van der Waals surface area contributed by atoms with Crippen molar-refractivity contribution in [1.29, 1.82) is 0 Å². The number of H-pyrrole nitrogens is 1. The molecule has 1 fully saturated rings. The Labute approximate surface area is 162 Å². The molecule has 1 amide bonds. The van der Waals surface area contributed by atoms with Crippen molar-refractivity contribution < 1.29 is 4.79 Å². The second-order valence-electron chi connectivity index (χ2n) is 8.45. The average molecular weight is 368 g/mol. The maximum absolute atomic E-state index is 12.8. The lowest BCUT2D eigenvalue weighted by atomic mass is 9.66. The van der Waals surface area contributed by atoms with E-state index in [2.05, 4.69) is 53.3 Å². The summed E-state index contributed by atoms with van der Waals surface area (Å²) in [5.41, 5.74) is 4.14. The molecular weight excluding hydrogens is 334 g/mol. The van der Waals surface area contributed by atoms with E-state index < -0.39 is 0 Å². The lowest BCUT2D eigenvalue weighted by molar-refractivity contribution is -0.126. The van der Waals surface area contributed by atoms with Crippen molar-refractivity contribution in [1.82, 2.24) is 15.2 Å². The molecule has 2 aliphatic rings. The fourth-order valence-electron chi connectivity index (χ4n) is 5.46. The molecule has 0 unspecified atom stereocenters. The number of hydrogen-bond donors (Lipinski definition) is 2. The second kappa shape index (κ2) is 7.67. The predicted octanol–water partition coefficient (Wildman–Crippen LogP) is 4.56. The quantitative estimate of drug-likeness (QED) is 0.735. The molecule has 4 rings (SSSR count). The van der Waals surface area contributed by atoms with Crippen LogP contribution in [0.4, 0.5) is 0 Å². The number of nitrogens with zero attached hydrogens (tertiary/aromatic N) is 1. The Bertz CT molecular complexity index is 811. The fourth-order valence-corrected chi connectivity index (χ4v) is 5.46. The van der Waals surface area contributed by atoms with Crippen molar-refractivity contribution in [2.24, 2.45) is 5.41 Å². The molecule has 2 aliphatic heterocycles. The molecule has 0 saturated carbocycles. The molecule has 2 N–H and O–H groups in total. The van der Waals surface area contributed by atoms with E-state index in [0.717, 1.165) is 51.7 Å². The Hall–Kier alpha value is -1.81. The van der Waals surface area contributed by atoms with Gasteiger partial charge < -0.3 is 10.3 Å². The van der Waals surface area contributed by atoms with Crippen molar-refractivity contribution in [2.45, 2.75) is 64.8 Å². The number of benzene rings is 1. The highest BCUT2D eigenvalue weighted by Crippen LogP contribution is 2.53. The zero-order valence-corrected chi connectivity index (χ0v) is 16.8. The predicted molar refractivity (Wildman–Crippen MR) is 111 cm³/mol. The van der Waals surface area contributed by atoms with Gasteiger partial charge in [-0.15, -0.1) is 0 Å². The van der Waals surface area contributed by atoms with Crippen LogP contribution in [0.25, 0.3) is 10.9 Å². The minimum atomic E-state index is 0.0323. The van der Waals surface area contributed by atoms with Crippen molar-refractivity contribution in [2.75, 3.05) is 19.6 Å². The maximum Gasteiger partial charge on any atom is 0.220 e. The number of unbranched alkanes of at least 4 members (excludes halogenated alkanes) is 1. The third-order valence-electron chi connectivity index (χ3n) is 6.90. The topological polar surface area (TPSA) is 48.1 Å². The normalized spacial score (nSPS) is 25.2. The van der Waals surface area contributed by atoms with Crippen LogP contribution in [0.2, 0.25) is 0 Å². The summed E-state index contributed by atoms with van der Waals surface area (Å²) in [7, 11) is 0. The van der Waals surface area contributed by atoms with Gasteiger partial charge in [-0.05, 0) is 50.3 Å². The Morgan fingerprint density at radius 2 is 2.15 bits per heavy atom. The van der Waals surface area contributed by atoms with Gasteiger partial charge in [-0.1, -0.05) is 38.5 Å².